The molecule has 0 aliphatic carbocycles. The largest absolute Gasteiger partial charge is 0.495 e. The van der Waals surface area contributed by atoms with E-state index < -0.39 is 11.8 Å². The van der Waals surface area contributed by atoms with E-state index in [2.05, 4.69) is 10.6 Å². The predicted octanol–water partition coefficient (Wildman–Crippen LogP) is 1.82. The fourth-order valence-electron chi connectivity index (χ4n) is 1.46. The number of halogens is 1. The molecule has 0 saturated carbocycles. The smallest absolute Gasteiger partial charge is 0.313 e. The highest BCUT2D eigenvalue weighted by atomic mass is 35.5. The lowest BCUT2D eigenvalue weighted by Gasteiger charge is -2.13. The van der Waals surface area contributed by atoms with Gasteiger partial charge in [-0.15, -0.1) is 0 Å². The molecule has 0 saturated heterocycles. The van der Waals surface area contributed by atoms with E-state index in [-0.39, 0.29) is 6.04 Å². The number of ether oxygens (including phenoxy) is 2. The zero-order chi connectivity index (χ0) is 15.3. The summed E-state index contributed by atoms with van der Waals surface area (Å²) in [6.45, 7) is 3.52. The molecule has 0 aromatic heterocycles. The van der Waals surface area contributed by atoms with E-state index in [1.807, 2.05) is 0 Å². The molecule has 0 radical (unpaired) electrons. The van der Waals surface area contributed by atoms with Gasteiger partial charge in [0.15, 0.2) is 0 Å². The number of methoxy groups -OCH3 is 2. The van der Waals surface area contributed by atoms with Gasteiger partial charge in [-0.05, 0) is 13.8 Å². The van der Waals surface area contributed by atoms with Gasteiger partial charge in [0.2, 0.25) is 0 Å². The lowest BCUT2D eigenvalue weighted by atomic mass is 10.2. The number of carbonyl (C=O) groups is 2. The molecular weight excluding hydrogens is 284 g/mol. The minimum Gasteiger partial charge on any atom is -0.495 e. The molecule has 2 amide bonds. The Morgan fingerprint density at radius 3 is 2.20 bits per heavy atom. The van der Waals surface area contributed by atoms with Crippen LogP contribution in [0.1, 0.15) is 13.8 Å². The van der Waals surface area contributed by atoms with Crippen molar-refractivity contribution in [3.63, 3.8) is 0 Å². The highest BCUT2D eigenvalue weighted by Crippen LogP contribution is 2.35. The Morgan fingerprint density at radius 2 is 1.70 bits per heavy atom. The normalized spacial score (nSPS) is 10.1. The van der Waals surface area contributed by atoms with Crippen LogP contribution in [0.15, 0.2) is 12.1 Å². The van der Waals surface area contributed by atoms with E-state index in [1.54, 1.807) is 13.8 Å². The van der Waals surface area contributed by atoms with Crippen molar-refractivity contribution in [1.82, 2.24) is 5.32 Å². The summed E-state index contributed by atoms with van der Waals surface area (Å²) in [5, 5.41) is 5.29. The van der Waals surface area contributed by atoms with Gasteiger partial charge < -0.3 is 20.1 Å². The Kier molecular flexibility index (Phi) is 5.64. The molecular formula is C13H17ClN2O4. The lowest BCUT2D eigenvalue weighted by molar-refractivity contribution is -0.136. The number of hydrogen-bond donors (Lipinski definition) is 2. The lowest BCUT2D eigenvalue weighted by Crippen LogP contribution is -2.39. The van der Waals surface area contributed by atoms with E-state index in [0.29, 0.717) is 22.2 Å². The summed E-state index contributed by atoms with van der Waals surface area (Å²) in [6, 6.07) is 2.85. The fourth-order valence-corrected chi connectivity index (χ4v) is 1.70. The number of amides is 2. The summed E-state index contributed by atoms with van der Waals surface area (Å²) < 4.78 is 10.2. The molecule has 0 heterocycles. The average molecular weight is 301 g/mol. The molecule has 110 valence electrons. The first kappa shape index (κ1) is 16.1. The van der Waals surface area contributed by atoms with Gasteiger partial charge in [0, 0.05) is 18.2 Å². The van der Waals surface area contributed by atoms with Crippen molar-refractivity contribution in [3.05, 3.63) is 17.2 Å². The third-order valence-corrected chi connectivity index (χ3v) is 2.64. The number of anilines is 1. The van der Waals surface area contributed by atoms with Crippen molar-refractivity contribution in [2.45, 2.75) is 19.9 Å². The summed E-state index contributed by atoms with van der Waals surface area (Å²) in [4.78, 5) is 23.3. The van der Waals surface area contributed by atoms with Gasteiger partial charge in [-0.3, -0.25) is 9.59 Å². The summed E-state index contributed by atoms with van der Waals surface area (Å²) in [7, 11) is 2.88. The Balaban J connectivity index is 2.96. The number of carbonyl (C=O) groups excluding carboxylic acids is 2. The van der Waals surface area contributed by atoms with Gasteiger partial charge in [0.1, 0.15) is 11.5 Å². The van der Waals surface area contributed by atoms with Gasteiger partial charge in [-0.2, -0.15) is 0 Å². The van der Waals surface area contributed by atoms with Crippen LogP contribution in [-0.4, -0.2) is 32.1 Å². The van der Waals surface area contributed by atoms with E-state index in [0.717, 1.165) is 0 Å². The molecule has 0 fully saturated rings. The Hall–Kier alpha value is -1.95. The fraction of sp³-hybridized carbons (Fsp3) is 0.385. The molecule has 6 nitrogen and oxygen atoms in total. The van der Waals surface area contributed by atoms with Crippen molar-refractivity contribution in [2.75, 3.05) is 19.5 Å². The molecule has 0 atom stereocenters. The third-order valence-electron chi connectivity index (χ3n) is 2.35. The maximum absolute atomic E-state index is 11.7. The van der Waals surface area contributed by atoms with E-state index in [4.69, 9.17) is 21.1 Å². The average Bonchev–Trinajstić information content (AvgIpc) is 2.39. The van der Waals surface area contributed by atoms with Crippen molar-refractivity contribution in [2.24, 2.45) is 0 Å². The van der Waals surface area contributed by atoms with Crippen LogP contribution >= 0.6 is 11.6 Å². The highest BCUT2D eigenvalue weighted by Gasteiger charge is 2.18. The molecule has 0 unspecified atom stereocenters. The monoisotopic (exact) mass is 300 g/mol. The Bertz CT molecular complexity index is 517. The number of rotatable bonds is 4. The van der Waals surface area contributed by atoms with Crippen LogP contribution in [0.4, 0.5) is 5.69 Å². The molecule has 1 aromatic rings. The van der Waals surface area contributed by atoms with Gasteiger partial charge in [-0.25, -0.2) is 0 Å². The first-order valence-electron chi connectivity index (χ1n) is 5.92. The van der Waals surface area contributed by atoms with Crippen LogP contribution < -0.4 is 20.1 Å². The maximum atomic E-state index is 11.7. The minimum atomic E-state index is -0.790. The zero-order valence-electron chi connectivity index (χ0n) is 11.7. The Morgan fingerprint density at radius 1 is 1.10 bits per heavy atom. The van der Waals surface area contributed by atoms with Crippen LogP contribution in [-0.2, 0) is 9.59 Å². The first-order chi connectivity index (χ1) is 9.38. The molecule has 0 spiro atoms. The summed E-state index contributed by atoms with van der Waals surface area (Å²) in [5.41, 5.74) is 0.303. The Labute approximate surface area is 122 Å². The molecule has 0 aliphatic heterocycles. The number of hydrogen-bond acceptors (Lipinski definition) is 4. The maximum Gasteiger partial charge on any atom is 0.313 e. The van der Waals surface area contributed by atoms with Crippen LogP contribution in [0, 0.1) is 0 Å². The highest BCUT2D eigenvalue weighted by molar-refractivity contribution is 6.40. The second-order valence-corrected chi connectivity index (χ2v) is 4.68. The quantitative estimate of drug-likeness (QED) is 0.832. The third kappa shape index (κ3) is 4.03. The summed E-state index contributed by atoms with van der Waals surface area (Å²) in [6.07, 6.45) is 0. The van der Waals surface area contributed by atoms with Gasteiger partial charge in [0.05, 0.1) is 24.9 Å². The molecule has 20 heavy (non-hydrogen) atoms. The van der Waals surface area contributed by atoms with Crippen LogP contribution in [0.3, 0.4) is 0 Å². The SMILES string of the molecule is COc1cc(NC(=O)C(=O)NC(C)C)c(OC)cc1Cl. The zero-order valence-corrected chi connectivity index (χ0v) is 12.5. The van der Waals surface area contributed by atoms with Crippen molar-refractivity contribution < 1.29 is 19.1 Å². The molecule has 0 aliphatic rings. The molecule has 1 aromatic carbocycles. The molecule has 0 bridgehead atoms. The van der Waals surface area contributed by atoms with E-state index in [9.17, 15) is 9.59 Å². The van der Waals surface area contributed by atoms with Crippen LogP contribution in [0.25, 0.3) is 0 Å². The topological polar surface area (TPSA) is 76.7 Å². The van der Waals surface area contributed by atoms with Gasteiger partial charge in [0.25, 0.3) is 0 Å². The van der Waals surface area contributed by atoms with Crippen LogP contribution in [0.5, 0.6) is 11.5 Å². The van der Waals surface area contributed by atoms with Gasteiger partial charge >= 0.3 is 11.8 Å². The number of benzene rings is 1. The van der Waals surface area contributed by atoms with Crippen molar-refractivity contribution >= 4 is 29.1 Å². The molecule has 7 heteroatoms. The van der Waals surface area contributed by atoms with Crippen LogP contribution in [0.2, 0.25) is 5.02 Å². The van der Waals surface area contributed by atoms with Crippen molar-refractivity contribution in [3.8, 4) is 11.5 Å². The standard InChI is InChI=1S/C13H17ClN2O4/c1-7(2)15-12(17)13(18)16-9-6-10(19-3)8(14)5-11(9)20-4/h5-7H,1-4H3,(H,15,17)(H,16,18). The predicted molar refractivity (Wildman–Crippen MR) is 76.5 cm³/mol. The van der Waals surface area contributed by atoms with Crippen molar-refractivity contribution in [1.29, 1.82) is 0 Å². The molecule has 2 N–H and O–H groups in total. The first-order valence-corrected chi connectivity index (χ1v) is 6.30. The summed E-state index contributed by atoms with van der Waals surface area (Å²) >= 11 is 5.95. The van der Waals surface area contributed by atoms with E-state index >= 15 is 0 Å². The number of nitrogens with one attached hydrogen (secondary N) is 2. The minimum absolute atomic E-state index is 0.130. The van der Waals surface area contributed by atoms with E-state index in [1.165, 1.54) is 26.4 Å². The second-order valence-electron chi connectivity index (χ2n) is 4.27. The second kappa shape index (κ2) is 7.00. The summed E-state index contributed by atoms with van der Waals surface area (Å²) in [5.74, 6) is -0.814. The molecule has 1 rings (SSSR count). The van der Waals surface area contributed by atoms with Gasteiger partial charge in [-0.1, -0.05) is 11.6 Å².